The second-order valence-electron chi connectivity index (χ2n) is 8.98. The molecule has 0 bridgehead atoms. The van der Waals surface area contributed by atoms with Crippen LogP contribution in [-0.2, 0) is 19.2 Å². The summed E-state index contributed by atoms with van der Waals surface area (Å²) in [5, 5.41) is 21.5. The third-order valence-corrected chi connectivity index (χ3v) is 7.02. The molecule has 4 aromatic rings. The molecular formula is C25H26ClFN6O2. The summed E-state index contributed by atoms with van der Waals surface area (Å²) >= 11 is 6.90. The van der Waals surface area contributed by atoms with Gasteiger partial charge in [0.15, 0.2) is 5.60 Å². The van der Waals surface area contributed by atoms with Crippen molar-refractivity contribution in [2.75, 3.05) is 20.2 Å². The first kappa shape index (κ1) is 23.6. The molecule has 8 nitrogen and oxygen atoms in total. The number of alkyl halides is 1. The number of hydrogen-bond acceptors (Lipinski definition) is 7. The molecule has 1 N–H and O–H groups in total. The number of fused-ring (bicyclic) bond motifs is 1. The molecule has 182 valence electrons. The minimum atomic E-state index is -1.60. The maximum absolute atomic E-state index is 13.4. The fraction of sp³-hybridized carbons (Fsp3) is 0.360. The molecule has 10 heteroatoms. The molecule has 1 fully saturated rings. The van der Waals surface area contributed by atoms with Gasteiger partial charge in [0.25, 0.3) is 0 Å². The lowest BCUT2D eigenvalue weighted by atomic mass is 9.82. The summed E-state index contributed by atoms with van der Waals surface area (Å²) in [6, 6.07) is 9.16. The van der Waals surface area contributed by atoms with Gasteiger partial charge in [-0.05, 0) is 37.6 Å². The lowest BCUT2D eigenvalue weighted by molar-refractivity contribution is 0.0583. The van der Waals surface area contributed by atoms with Crippen LogP contribution >= 0.6 is 11.6 Å². The Morgan fingerprint density at radius 3 is 2.60 bits per heavy atom. The molecule has 3 aromatic heterocycles. The van der Waals surface area contributed by atoms with Gasteiger partial charge in [-0.1, -0.05) is 28.9 Å². The van der Waals surface area contributed by atoms with E-state index in [0.717, 1.165) is 5.69 Å². The van der Waals surface area contributed by atoms with Gasteiger partial charge in [-0.2, -0.15) is 0 Å². The predicted molar refractivity (Wildman–Crippen MR) is 130 cm³/mol. The Morgan fingerprint density at radius 1 is 1.20 bits per heavy atom. The highest BCUT2D eigenvalue weighted by atomic mass is 35.5. The zero-order valence-electron chi connectivity index (χ0n) is 20.0. The average Bonchev–Trinajstić information content (AvgIpc) is 3.25. The van der Waals surface area contributed by atoms with Crippen LogP contribution in [0, 0.1) is 13.8 Å². The molecule has 0 amide bonds. The summed E-state index contributed by atoms with van der Waals surface area (Å²) in [7, 11) is 3.27. The lowest BCUT2D eigenvalue weighted by Gasteiger charge is -2.34. The van der Waals surface area contributed by atoms with Crippen LogP contribution in [0.5, 0.6) is 5.88 Å². The number of aromatic nitrogens is 5. The number of pyridine rings is 2. The van der Waals surface area contributed by atoms with E-state index in [1.54, 1.807) is 30.1 Å². The number of benzene rings is 1. The standard InChI is InChI=1S/C25H26ClFN6O2/c1-14-5-7-20(15(2)29-14)25(34,22-10-28-31-32(22)3)16-6-8-21-18(9-16)23(26)19(24(30-21)35-4)13-33-11-17(27)12-33/h5-10,17,34H,11-13H2,1-4H3/t25-/m1/s1. The summed E-state index contributed by atoms with van der Waals surface area (Å²) in [6.07, 6.45) is 0.716. The van der Waals surface area contributed by atoms with Crippen LogP contribution in [0.4, 0.5) is 4.39 Å². The van der Waals surface area contributed by atoms with Crippen molar-refractivity contribution >= 4 is 22.5 Å². The van der Waals surface area contributed by atoms with E-state index >= 15 is 0 Å². The molecule has 35 heavy (non-hydrogen) atoms. The first-order chi connectivity index (χ1) is 16.7. The quantitative estimate of drug-likeness (QED) is 0.437. The number of aryl methyl sites for hydroxylation is 3. The molecule has 1 aliphatic heterocycles. The fourth-order valence-electron chi connectivity index (χ4n) is 4.76. The average molecular weight is 497 g/mol. The van der Waals surface area contributed by atoms with Crippen LogP contribution in [0.2, 0.25) is 5.02 Å². The molecule has 1 saturated heterocycles. The SMILES string of the molecule is COc1nc2ccc([C@@](O)(c3ccc(C)nc3C)c3cnnn3C)cc2c(Cl)c1CN1CC(F)C1. The number of halogens is 2. The highest BCUT2D eigenvalue weighted by Crippen LogP contribution is 2.41. The van der Waals surface area contributed by atoms with Gasteiger partial charge in [0.05, 0.1) is 29.5 Å². The second kappa shape index (κ2) is 8.82. The summed E-state index contributed by atoms with van der Waals surface area (Å²) in [6.45, 7) is 4.89. The van der Waals surface area contributed by atoms with Crippen LogP contribution in [0.15, 0.2) is 36.5 Å². The second-order valence-corrected chi connectivity index (χ2v) is 9.35. The molecule has 1 aromatic carbocycles. The van der Waals surface area contributed by atoms with E-state index in [1.165, 1.54) is 7.11 Å². The van der Waals surface area contributed by atoms with Gasteiger partial charge in [0.2, 0.25) is 5.88 Å². The predicted octanol–water partition coefficient (Wildman–Crippen LogP) is 3.48. The van der Waals surface area contributed by atoms with E-state index in [4.69, 9.17) is 16.3 Å². The highest BCUT2D eigenvalue weighted by Gasteiger charge is 2.39. The topological polar surface area (TPSA) is 89.2 Å². The van der Waals surface area contributed by atoms with E-state index in [2.05, 4.69) is 20.3 Å². The number of likely N-dealkylation sites (tertiary alicyclic amines) is 1. The monoisotopic (exact) mass is 496 g/mol. The summed E-state index contributed by atoms with van der Waals surface area (Å²) in [4.78, 5) is 11.2. The number of nitrogens with zero attached hydrogens (tertiary/aromatic N) is 6. The van der Waals surface area contributed by atoms with Crippen molar-refractivity contribution in [2.24, 2.45) is 7.05 Å². The van der Waals surface area contributed by atoms with Gasteiger partial charge in [-0.15, -0.1) is 5.10 Å². The minimum Gasteiger partial charge on any atom is -0.481 e. The Balaban J connectivity index is 1.71. The van der Waals surface area contributed by atoms with Crippen LogP contribution in [0.1, 0.15) is 33.8 Å². The zero-order valence-corrected chi connectivity index (χ0v) is 20.7. The molecule has 0 radical (unpaired) electrons. The minimum absolute atomic E-state index is 0.352. The number of rotatable bonds is 6. The van der Waals surface area contributed by atoms with Gasteiger partial charge < -0.3 is 9.84 Å². The molecule has 0 spiro atoms. The molecule has 5 rings (SSSR count). The number of ether oxygens (including phenoxy) is 1. The van der Waals surface area contributed by atoms with Crippen LogP contribution in [0.3, 0.4) is 0 Å². The van der Waals surface area contributed by atoms with Crippen LogP contribution in [0.25, 0.3) is 10.9 Å². The Morgan fingerprint density at radius 2 is 1.97 bits per heavy atom. The third kappa shape index (κ3) is 3.93. The Hall–Kier alpha value is -3.14. The summed E-state index contributed by atoms with van der Waals surface area (Å²) < 4.78 is 20.5. The van der Waals surface area contributed by atoms with Crippen molar-refractivity contribution in [3.63, 3.8) is 0 Å². The maximum atomic E-state index is 13.4. The van der Waals surface area contributed by atoms with Crippen LogP contribution in [-0.4, -0.2) is 61.3 Å². The largest absolute Gasteiger partial charge is 0.481 e. The van der Waals surface area contributed by atoms with Gasteiger partial charge in [0.1, 0.15) is 6.17 Å². The number of hydrogen-bond donors (Lipinski definition) is 1. The van der Waals surface area contributed by atoms with Crippen molar-refractivity contribution in [1.82, 2.24) is 29.9 Å². The van der Waals surface area contributed by atoms with Crippen molar-refractivity contribution in [2.45, 2.75) is 32.2 Å². The Labute approximate surface area is 207 Å². The van der Waals surface area contributed by atoms with Crippen molar-refractivity contribution in [1.29, 1.82) is 0 Å². The Bertz CT molecular complexity index is 1420. The van der Waals surface area contributed by atoms with Crippen LogP contribution < -0.4 is 4.74 Å². The fourth-order valence-corrected chi connectivity index (χ4v) is 5.05. The van der Waals surface area contributed by atoms with Gasteiger partial charge in [-0.25, -0.2) is 14.1 Å². The molecule has 4 heterocycles. The van der Waals surface area contributed by atoms with E-state index in [9.17, 15) is 9.50 Å². The molecule has 1 aliphatic rings. The summed E-state index contributed by atoms with van der Waals surface area (Å²) in [5.74, 6) is 0.405. The van der Waals surface area contributed by atoms with Gasteiger partial charge in [0, 0.05) is 54.6 Å². The molecule has 0 saturated carbocycles. The highest BCUT2D eigenvalue weighted by molar-refractivity contribution is 6.36. The van der Waals surface area contributed by atoms with Crippen molar-refractivity contribution in [3.8, 4) is 5.88 Å². The van der Waals surface area contributed by atoms with E-state index in [0.29, 0.717) is 69.5 Å². The number of methoxy groups -OCH3 is 1. The van der Waals surface area contributed by atoms with Crippen molar-refractivity contribution < 1.29 is 14.2 Å². The number of aliphatic hydroxyl groups is 1. The van der Waals surface area contributed by atoms with Crippen molar-refractivity contribution in [3.05, 3.63) is 75.3 Å². The Kier molecular flexibility index (Phi) is 5.94. The third-order valence-electron chi connectivity index (χ3n) is 6.58. The molecular weight excluding hydrogens is 471 g/mol. The van der Waals surface area contributed by atoms with E-state index < -0.39 is 11.8 Å². The molecule has 0 unspecified atom stereocenters. The summed E-state index contributed by atoms with van der Waals surface area (Å²) in [5.41, 5.74) is 2.91. The van der Waals surface area contributed by atoms with E-state index in [1.807, 2.05) is 36.9 Å². The molecule has 0 aliphatic carbocycles. The lowest BCUT2D eigenvalue weighted by Crippen LogP contribution is -2.47. The first-order valence-electron chi connectivity index (χ1n) is 11.3. The van der Waals surface area contributed by atoms with Gasteiger partial charge >= 0.3 is 0 Å². The first-order valence-corrected chi connectivity index (χ1v) is 11.7. The zero-order chi connectivity index (χ0) is 24.9. The smallest absolute Gasteiger partial charge is 0.219 e. The van der Waals surface area contributed by atoms with Gasteiger partial charge in [-0.3, -0.25) is 9.88 Å². The maximum Gasteiger partial charge on any atom is 0.219 e. The molecule has 1 atom stereocenters. The van der Waals surface area contributed by atoms with E-state index in [-0.39, 0.29) is 0 Å². The normalized spacial score (nSPS) is 16.3.